The highest BCUT2D eigenvalue weighted by Gasteiger charge is 2.29. The summed E-state index contributed by atoms with van der Waals surface area (Å²) in [7, 11) is 0. The number of hydrogen-bond acceptors (Lipinski definition) is 5. The zero-order chi connectivity index (χ0) is 14.9. The third-order valence-electron chi connectivity index (χ3n) is 2.62. The monoisotopic (exact) mass is 327 g/mol. The molecule has 2 aromatic heterocycles. The predicted molar refractivity (Wildman–Crippen MR) is 77.9 cm³/mol. The summed E-state index contributed by atoms with van der Waals surface area (Å²) in [6, 6.07) is 4.84. The molecule has 21 heavy (non-hydrogen) atoms. The molecule has 3 aromatic rings. The molecule has 0 aliphatic heterocycles. The number of thiazole rings is 2. The summed E-state index contributed by atoms with van der Waals surface area (Å²) in [6.45, 7) is 0. The van der Waals surface area contributed by atoms with Crippen molar-refractivity contribution >= 4 is 33.5 Å². The minimum atomic E-state index is -4.32. The molecule has 0 saturated carbocycles. The van der Waals surface area contributed by atoms with E-state index in [2.05, 4.69) is 15.3 Å². The van der Waals surface area contributed by atoms with Crippen LogP contribution >= 0.6 is 22.7 Å². The lowest BCUT2D eigenvalue weighted by Crippen LogP contribution is -2.04. The first-order valence-electron chi connectivity index (χ1n) is 5.82. The molecule has 0 amide bonds. The van der Waals surface area contributed by atoms with Gasteiger partial charge in [-0.2, -0.15) is 13.2 Å². The van der Waals surface area contributed by atoms with E-state index in [4.69, 9.17) is 0 Å². The second kappa shape index (κ2) is 5.45. The van der Waals surface area contributed by atoms with Gasteiger partial charge in [0.05, 0.1) is 5.56 Å². The van der Waals surface area contributed by atoms with Gasteiger partial charge in [0.1, 0.15) is 10.7 Å². The fourth-order valence-corrected chi connectivity index (χ4v) is 3.03. The van der Waals surface area contributed by atoms with Gasteiger partial charge < -0.3 is 5.32 Å². The summed E-state index contributed by atoms with van der Waals surface area (Å²) in [5.41, 5.74) is 0.642. The van der Waals surface area contributed by atoms with Crippen LogP contribution in [0.1, 0.15) is 5.56 Å². The van der Waals surface area contributed by atoms with Crippen molar-refractivity contribution in [3.8, 4) is 10.7 Å². The van der Waals surface area contributed by atoms with Crippen molar-refractivity contribution in [2.24, 2.45) is 0 Å². The third-order valence-corrected chi connectivity index (χ3v) is 4.17. The molecule has 1 aromatic carbocycles. The smallest absolute Gasteiger partial charge is 0.332 e. The molecule has 0 bridgehead atoms. The van der Waals surface area contributed by atoms with Gasteiger partial charge in [-0.3, -0.25) is 0 Å². The van der Waals surface area contributed by atoms with Gasteiger partial charge in [-0.15, -0.1) is 22.7 Å². The van der Waals surface area contributed by atoms with Crippen molar-refractivity contribution < 1.29 is 13.2 Å². The van der Waals surface area contributed by atoms with E-state index in [1.807, 2.05) is 10.8 Å². The number of anilines is 2. The van der Waals surface area contributed by atoms with Crippen LogP contribution in [0.15, 0.2) is 41.2 Å². The highest BCUT2D eigenvalue weighted by Crippen LogP contribution is 2.31. The van der Waals surface area contributed by atoms with Crippen molar-refractivity contribution in [2.45, 2.75) is 6.18 Å². The molecule has 108 valence electrons. The first-order valence-corrected chi connectivity index (χ1v) is 7.58. The second-order valence-corrected chi connectivity index (χ2v) is 5.83. The van der Waals surface area contributed by atoms with E-state index in [-0.39, 0.29) is 0 Å². The van der Waals surface area contributed by atoms with Crippen LogP contribution in [0.5, 0.6) is 0 Å². The Labute approximate surface area is 126 Å². The van der Waals surface area contributed by atoms with Crippen LogP contribution in [0.3, 0.4) is 0 Å². The quantitative estimate of drug-likeness (QED) is 0.733. The number of alkyl halides is 3. The molecule has 8 heteroatoms. The van der Waals surface area contributed by atoms with Crippen LogP contribution in [-0.4, -0.2) is 9.97 Å². The molecule has 3 rings (SSSR count). The minimum absolute atomic E-state index is 0.558. The summed E-state index contributed by atoms with van der Waals surface area (Å²) in [4.78, 5) is 8.51. The van der Waals surface area contributed by atoms with Crippen LogP contribution in [0.4, 0.5) is 24.0 Å². The highest BCUT2D eigenvalue weighted by molar-refractivity contribution is 7.15. The van der Waals surface area contributed by atoms with Crippen molar-refractivity contribution in [2.75, 3.05) is 5.32 Å². The van der Waals surface area contributed by atoms with Crippen LogP contribution in [0.25, 0.3) is 10.7 Å². The van der Waals surface area contributed by atoms with Gasteiger partial charge in [-0.1, -0.05) is 0 Å². The van der Waals surface area contributed by atoms with E-state index >= 15 is 0 Å². The molecule has 0 radical (unpaired) electrons. The van der Waals surface area contributed by atoms with E-state index < -0.39 is 11.7 Å². The zero-order valence-corrected chi connectivity index (χ0v) is 12.0. The summed E-state index contributed by atoms with van der Waals surface area (Å²) < 4.78 is 37.4. The lowest BCUT2D eigenvalue weighted by atomic mass is 10.2. The van der Waals surface area contributed by atoms with Gasteiger partial charge in [0, 0.05) is 22.6 Å². The first-order chi connectivity index (χ1) is 10.0. The molecule has 0 fully saturated rings. The molecule has 3 nitrogen and oxygen atoms in total. The lowest BCUT2D eigenvalue weighted by molar-refractivity contribution is -0.137. The normalized spacial score (nSPS) is 11.6. The van der Waals surface area contributed by atoms with Crippen molar-refractivity contribution in [3.05, 3.63) is 46.8 Å². The summed E-state index contributed by atoms with van der Waals surface area (Å²) in [6.07, 6.45) is -2.62. The lowest BCUT2D eigenvalue weighted by Gasteiger charge is -2.07. The maximum absolute atomic E-state index is 12.5. The van der Waals surface area contributed by atoms with Crippen LogP contribution in [0, 0.1) is 0 Å². The van der Waals surface area contributed by atoms with E-state index in [1.54, 1.807) is 6.20 Å². The van der Waals surface area contributed by atoms with Crippen molar-refractivity contribution in [1.29, 1.82) is 0 Å². The molecule has 0 aliphatic rings. The SMILES string of the molecule is FC(F)(F)c1ccc(Nc2nc(-c3nccs3)cs2)cc1. The van der Waals surface area contributed by atoms with E-state index in [9.17, 15) is 13.2 Å². The molecule has 0 aliphatic carbocycles. The fraction of sp³-hybridized carbons (Fsp3) is 0.0769. The minimum Gasteiger partial charge on any atom is -0.332 e. The number of halogens is 3. The Balaban J connectivity index is 1.75. The van der Waals surface area contributed by atoms with Crippen molar-refractivity contribution in [1.82, 2.24) is 9.97 Å². The van der Waals surface area contributed by atoms with Gasteiger partial charge in [0.25, 0.3) is 0 Å². The Morgan fingerprint density at radius 2 is 1.81 bits per heavy atom. The molecular formula is C13H8F3N3S2. The number of hydrogen-bond donors (Lipinski definition) is 1. The fourth-order valence-electron chi connectivity index (χ4n) is 1.65. The maximum Gasteiger partial charge on any atom is 0.416 e. The number of benzene rings is 1. The number of nitrogens with zero attached hydrogens (tertiary/aromatic N) is 2. The second-order valence-electron chi connectivity index (χ2n) is 4.08. The summed E-state index contributed by atoms with van der Waals surface area (Å²) in [5, 5.41) is 8.12. The molecule has 0 spiro atoms. The van der Waals surface area contributed by atoms with E-state index in [1.165, 1.54) is 34.8 Å². The van der Waals surface area contributed by atoms with Crippen LogP contribution < -0.4 is 5.32 Å². The first kappa shape index (κ1) is 14.0. The standard InChI is InChI=1S/C13H8F3N3S2/c14-13(15,16)8-1-3-9(4-2-8)18-12-19-10(7-21-12)11-17-5-6-20-11/h1-7H,(H,18,19). The van der Waals surface area contributed by atoms with Gasteiger partial charge in [-0.25, -0.2) is 9.97 Å². The Morgan fingerprint density at radius 3 is 2.43 bits per heavy atom. The zero-order valence-electron chi connectivity index (χ0n) is 10.4. The number of nitrogens with one attached hydrogen (secondary N) is 1. The third kappa shape index (κ3) is 3.22. The Kier molecular flexibility index (Phi) is 3.64. The van der Waals surface area contributed by atoms with Gasteiger partial charge in [0.15, 0.2) is 5.13 Å². The molecule has 0 unspecified atom stereocenters. The van der Waals surface area contributed by atoms with E-state index in [0.29, 0.717) is 10.8 Å². The predicted octanol–water partition coefficient (Wildman–Crippen LogP) is 5.03. The largest absolute Gasteiger partial charge is 0.416 e. The van der Waals surface area contributed by atoms with Gasteiger partial charge >= 0.3 is 6.18 Å². The Bertz CT molecular complexity index is 718. The van der Waals surface area contributed by atoms with Crippen molar-refractivity contribution in [3.63, 3.8) is 0 Å². The van der Waals surface area contributed by atoms with Crippen LogP contribution in [-0.2, 0) is 6.18 Å². The molecule has 1 N–H and O–H groups in total. The maximum atomic E-state index is 12.5. The Morgan fingerprint density at radius 1 is 1.05 bits per heavy atom. The van der Waals surface area contributed by atoms with E-state index in [0.717, 1.165) is 22.8 Å². The molecule has 2 heterocycles. The topological polar surface area (TPSA) is 37.8 Å². The average Bonchev–Trinajstić information content (AvgIpc) is 3.08. The molecule has 0 saturated heterocycles. The Hall–Kier alpha value is -1.93. The van der Waals surface area contributed by atoms with Crippen LogP contribution in [0.2, 0.25) is 0 Å². The number of rotatable bonds is 3. The molecular weight excluding hydrogens is 319 g/mol. The highest BCUT2D eigenvalue weighted by atomic mass is 32.1. The van der Waals surface area contributed by atoms with Gasteiger partial charge in [-0.05, 0) is 24.3 Å². The number of aromatic nitrogens is 2. The summed E-state index contributed by atoms with van der Waals surface area (Å²) in [5.74, 6) is 0. The average molecular weight is 327 g/mol. The van der Waals surface area contributed by atoms with Gasteiger partial charge in [0.2, 0.25) is 0 Å². The molecule has 0 atom stereocenters. The summed E-state index contributed by atoms with van der Waals surface area (Å²) >= 11 is 2.86.